The third kappa shape index (κ3) is 3.64. The predicted molar refractivity (Wildman–Crippen MR) is 96.2 cm³/mol. The molecule has 0 bridgehead atoms. The van der Waals surface area contributed by atoms with Crippen molar-refractivity contribution in [2.24, 2.45) is 0 Å². The van der Waals surface area contributed by atoms with E-state index < -0.39 is 5.97 Å². The molecule has 2 nitrogen and oxygen atoms in total. The van der Waals surface area contributed by atoms with Crippen LogP contribution < -0.4 is 0 Å². The molecule has 0 radical (unpaired) electrons. The largest absolute Gasteiger partial charge is 0.478 e. The molecule has 0 saturated carbocycles. The van der Waals surface area contributed by atoms with Gasteiger partial charge in [0, 0.05) is 0 Å². The van der Waals surface area contributed by atoms with Crippen molar-refractivity contribution < 1.29 is 9.90 Å². The molecule has 0 saturated heterocycles. The van der Waals surface area contributed by atoms with Gasteiger partial charge in [0.25, 0.3) is 0 Å². The molecule has 0 fully saturated rings. The molecule has 0 aliphatic heterocycles. The van der Waals surface area contributed by atoms with Crippen LogP contribution in [0.1, 0.15) is 63.0 Å². The molecule has 2 aromatic rings. The number of rotatable bonds is 2. The minimum Gasteiger partial charge on any atom is -0.478 e. The zero-order valence-electron chi connectivity index (χ0n) is 14.9. The van der Waals surface area contributed by atoms with Gasteiger partial charge in [-0.25, -0.2) is 4.79 Å². The molecular formula is C21H26O2. The molecule has 0 aliphatic rings. The summed E-state index contributed by atoms with van der Waals surface area (Å²) in [5.74, 6) is -0.861. The third-order valence-electron chi connectivity index (χ3n) is 4.09. The summed E-state index contributed by atoms with van der Waals surface area (Å²) < 4.78 is 0. The maximum atomic E-state index is 11.8. The number of aromatic carboxylic acids is 1. The van der Waals surface area contributed by atoms with Crippen molar-refractivity contribution in [3.63, 3.8) is 0 Å². The molecule has 122 valence electrons. The molecular weight excluding hydrogens is 284 g/mol. The van der Waals surface area contributed by atoms with E-state index in [-0.39, 0.29) is 10.8 Å². The second-order valence-electron chi connectivity index (χ2n) is 8.11. The van der Waals surface area contributed by atoms with Gasteiger partial charge in [0.15, 0.2) is 0 Å². The van der Waals surface area contributed by atoms with E-state index in [9.17, 15) is 9.90 Å². The Hall–Kier alpha value is -2.09. The van der Waals surface area contributed by atoms with Gasteiger partial charge in [0.05, 0.1) is 5.56 Å². The van der Waals surface area contributed by atoms with Crippen molar-refractivity contribution in [1.29, 1.82) is 0 Å². The van der Waals surface area contributed by atoms with E-state index in [1.807, 2.05) is 24.3 Å². The minimum absolute atomic E-state index is 0.133. The zero-order chi connectivity index (χ0) is 17.4. The Kier molecular flexibility index (Phi) is 4.39. The highest BCUT2D eigenvalue weighted by molar-refractivity contribution is 5.92. The quantitative estimate of drug-likeness (QED) is 0.778. The lowest BCUT2D eigenvalue weighted by Crippen LogP contribution is -2.21. The highest BCUT2D eigenvalue weighted by Crippen LogP contribution is 2.38. The van der Waals surface area contributed by atoms with Gasteiger partial charge < -0.3 is 5.11 Å². The summed E-state index contributed by atoms with van der Waals surface area (Å²) in [6.45, 7) is 12.5. The smallest absolute Gasteiger partial charge is 0.335 e. The molecule has 0 spiro atoms. The third-order valence-corrected chi connectivity index (χ3v) is 4.09. The predicted octanol–water partition coefficient (Wildman–Crippen LogP) is 5.65. The van der Waals surface area contributed by atoms with Crippen molar-refractivity contribution in [2.75, 3.05) is 0 Å². The van der Waals surface area contributed by atoms with Crippen LogP contribution in [0.2, 0.25) is 0 Å². The van der Waals surface area contributed by atoms with Crippen molar-refractivity contribution >= 4 is 5.97 Å². The highest BCUT2D eigenvalue weighted by atomic mass is 16.4. The maximum absolute atomic E-state index is 11.8. The van der Waals surface area contributed by atoms with E-state index in [1.54, 1.807) is 0 Å². The first kappa shape index (κ1) is 17.3. The lowest BCUT2D eigenvalue weighted by molar-refractivity contribution is 0.0694. The molecule has 2 heteroatoms. The second-order valence-corrected chi connectivity index (χ2v) is 8.11. The fourth-order valence-corrected chi connectivity index (χ4v) is 2.87. The fraction of sp³-hybridized carbons (Fsp3) is 0.381. The average Bonchev–Trinajstić information content (AvgIpc) is 2.44. The SMILES string of the molecule is CC(C)(C)c1cc(-c2ccccc2)c(C(C)(C)C)cc1C(=O)O. The fourth-order valence-electron chi connectivity index (χ4n) is 2.87. The zero-order valence-corrected chi connectivity index (χ0v) is 14.9. The Bertz CT molecular complexity index is 714. The van der Waals surface area contributed by atoms with E-state index >= 15 is 0 Å². The van der Waals surface area contributed by atoms with Crippen LogP contribution in [0, 0.1) is 0 Å². The van der Waals surface area contributed by atoms with Crippen LogP contribution in [0.25, 0.3) is 11.1 Å². The van der Waals surface area contributed by atoms with Crippen LogP contribution in [-0.4, -0.2) is 11.1 Å². The highest BCUT2D eigenvalue weighted by Gasteiger charge is 2.27. The number of benzene rings is 2. The van der Waals surface area contributed by atoms with E-state index in [0.717, 1.165) is 22.3 Å². The number of carbonyl (C=O) groups is 1. The summed E-state index contributed by atoms with van der Waals surface area (Å²) in [6, 6.07) is 14.1. The maximum Gasteiger partial charge on any atom is 0.335 e. The summed E-state index contributed by atoms with van der Waals surface area (Å²) in [5, 5.41) is 9.68. The van der Waals surface area contributed by atoms with Crippen LogP contribution in [0.5, 0.6) is 0 Å². The summed E-state index contributed by atoms with van der Waals surface area (Å²) in [7, 11) is 0. The minimum atomic E-state index is -0.861. The standard InChI is InChI=1S/C21H26O2/c1-20(2,3)17-13-16(19(22)23)18(21(4,5)6)12-15(17)14-10-8-7-9-11-14/h7-13H,1-6H3,(H,22,23). The molecule has 2 rings (SSSR count). The van der Waals surface area contributed by atoms with Gasteiger partial charge in [0.2, 0.25) is 0 Å². The molecule has 1 N–H and O–H groups in total. The first-order valence-corrected chi connectivity index (χ1v) is 7.99. The number of hydrogen-bond acceptors (Lipinski definition) is 1. The first-order chi connectivity index (χ1) is 10.5. The van der Waals surface area contributed by atoms with Gasteiger partial charge in [-0.15, -0.1) is 0 Å². The monoisotopic (exact) mass is 310 g/mol. The van der Waals surface area contributed by atoms with E-state index in [4.69, 9.17) is 0 Å². The van der Waals surface area contributed by atoms with Gasteiger partial charge in [-0.05, 0) is 45.2 Å². The molecule has 0 unspecified atom stereocenters. The van der Waals surface area contributed by atoms with Gasteiger partial charge in [-0.2, -0.15) is 0 Å². The molecule has 23 heavy (non-hydrogen) atoms. The molecule has 2 aromatic carbocycles. The summed E-state index contributed by atoms with van der Waals surface area (Å²) >= 11 is 0. The van der Waals surface area contributed by atoms with Gasteiger partial charge in [-0.3, -0.25) is 0 Å². The Balaban J connectivity index is 2.86. The van der Waals surface area contributed by atoms with E-state index in [1.165, 1.54) is 0 Å². The lowest BCUT2D eigenvalue weighted by Gasteiger charge is -2.29. The normalized spacial score (nSPS) is 12.3. The molecule has 0 aromatic heterocycles. The van der Waals surface area contributed by atoms with Crippen molar-refractivity contribution in [2.45, 2.75) is 52.4 Å². The Morgan fingerprint density at radius 1 is 0.826 bits per heavy atom. The Labute approximate surface area is 139 Å². The summed E-state index contributed by atoms with van der Waals surface area (Å²) in [4.78, 5) is 11.8. The van der Waals surface area contributed by atoms with Crippen molar-refractivity contribution in [1.82, 2.24) is 0 Å². The van der Waals surface area contributed by atoms with Gasteiger partial charge in [0.1, 0.15) is 0 Å². The van der Waals surface area contributed by atoms with Crippen LogP contribution in [0.4, 0.5) is 0 Å². The van der Waals surface area contributed by atoms with Crippen LogP contribution in [0.3, 0.4) is 0 Å². The number of hydrogen-bond donors (Lipinski definition) is 1. The van der Waals surface area contributed by atoms with Gasteiger partial charge in [-0.1, -0.05) is 71.9 Å². The molecule has 0 atom stereocenters. The average molecular weight is 310 g/mol. The van der Waals surface area contributed by atoms with Crippen molar-refractivity contribution in [3.05, 3.63) is 59.2 Å². The Morgan fingerprint density at radius 2 is 1.35 bits per heavy atom. The van der Waals surface area contributed by atoms with Crippen LogP contribution in [-0.2, 0) is 10.8 Å². The summed E-state index contributed by atoms with van der Waals surface area (Å²) in [5.41, 5.74) is 4.22. The van der Waals surface area contributed by atoms with E-state index in [2.05, 4.69) is 59.7 Å². The second kappa shape index (κ2) is 5.84. The number of carboxylic acid groups (broad SMARTS) is 1. The van der Waals surface area contributed by atoms with Gasteiger partial charge >= 0.3 is 5.97 Å². The molecule has 0 amide bonds. The Morgan fingerprint density at radius 3 is 1.78 bits per heavy atom. The van der Waals surface area contributed by atoms with Crippen LogP contribution in [0.15, 0.2) is 42.5 Å². The van der Waals surface area contributed by atoms with Crippen molar-refractivity contribution in [3.8, 4) is 11.1 Å². The summed E-state index contributed by atoms with van der Waals surface area (Å²) in [6.07, 6.45) is 0. The first-order valence-electron chi connectivity index (χ1n) is 7.99. The van der Waals surface area contributed by atoms with Crippen LogP contribution >= 0.6 is 0 Å². The number of carboxylic acids is 1. The van der Waals surface area contributed by atoms with E-state index in [0.29, 0.717) is 5.56 Å². The lowest BCUT2D eigenvalue weighted by atomic mass is 9.75. The topological polar surface area (TPSA) is 37.3 Å². The molecule has 0 aliphatic carbocycles. The molecule has 0 heterocycles.